The summed E-state index contributed by atoms with van der Waals surface area (Å²) in [5, 5.41) is 9.66. The van der Waals surface area contributed by atoms with Gasteiger partial charge in [-0.2, -0.15) is 0 Å². The summed E-state index contributed by atoms with van der Waals surface area (Å²) in [6.07, 6.45) is 94.5. The van der Waals surface area contributed by atoms with Gasteiger partial charge in [0.05, 0.1) is 6.61 Å². The highest BCUT2D eigenvalue weighted by Gasteiger charge is 2.16. The van der Waals surface area contributed by atoms with Crippen LogP contribution in [0, 0.1) is 0 Å². The average Bonchev–Trinajstić information content (AvgIpc) is 3.38. The van der Waals surface area contributed by atoms with Gasteiger partial charge in [-0.25, -0.2) is 0 Å². The summed E-state index contributed by atoms with van der Waals surface area (Å²) in [5.74, 6) is -0.633. The minimum absolute atomic E-state index is 0.0907. The molecule has 0 aliphatic carbocycles. The number of rotatable bonds is 50. The van der Waals surface area contributed by atoms with E-state index in [0.717, 1.165) is 154 Å². The fourth-order valence-corrected chi connectivity index (χ4v) is 7.28. The molecule has 0 saturated carbocycles. The first-order chi connectivity index (χ1) is 35.6. The lowest BCUT2D eigenvalue weighted by atomic mass is 10.1. The van der Waals surface area contributed by atoms with Gasteiger partial charge in [0, 0.05) is 12.8 Å². The van der Waals surface area contributed by atoms with Crippen molar-refractivity contribution in [3.05, 3.63) is 170 Å². The van der Waals surface area contributed by atoms with Crippen LogP contribution in [0.25, 0.3) is 0 Å². The van der Waals surface area contributed by atoms with Gasteiger partial charge >= 0.3 is 11.9 Å². The monoisotopic (exact) mass is 989 g/mol. The maximum Gasteiger partial charge on any atom is 0.306 e. The number of ether oxygens (including phenoxy) is 2. The quantitative estimate of drug-likeness (QED) is 0.0373. The summed E-state index contributed by atoms with van der Waals surface area (Å²) in [6.45, 7) is 3.88. The van der Waals surface area contributed by atoms with Crippen molar-refractivity contribution in [3.63, 3.8) is 0 Å². The number of carbonyl (C=O) groups excluding carboxylic acids is 2. The van der Waals surface area contributed by atoms with E-state index in [-0.39, 0.29) is 25.2 Å². The van der Waals surface area contributed by atoms with Crippen LogP contribution in [0.1, 0.15) is 219 Å². The van der Waals surface area contributed by atoms with Gasteiger partial charge < -0.3 is 14.6 Å². The standard InChI is InChI=1S/C67H104O5/c1-3-5-7-9-11-13-15-17-19-21-23-25-27-29-31-32-33-34-36-38-40-42-44-46-48-50-52-54-56-58-60-62-67(70)72-65(63-68)64-71-66(69)61-59-57-55-53-51-49-47-45-43-41-39-37-35-30-28-26-24-22-20-18-16-14-12-10-8-6-4-2/h5-8,11-14,17-20,23-26,29-31,33-35,38-41,45,47,65,68H,3-4,9-10,15-16,21-22,27-28,32,36-37,42-44,46,48-64H2,1-2H3/b7-5-,8-6-,13-11-,14-12-,19-17-,20-18-,25-23-,26-24-,31-29-,34-33-,35-30-,40-38-,41-39-,47-45-. The van der Waals surface area contributed by atoms with Gasteiger partial charge in [-0.3, -0.25) is 9.59 Å². The van der Waals surface area contributed by atoms with E-state index < -0.39 is 6.10 Å². The number of aliphatic hydroxyl groups excluding tert-OH is 1. The van der Waals surface area contributed by atoms with Crippen molar-refractivity contribution < 1.29 is 24.2 Å². The molecule has 1 atom stereocenters. The van der Waals surface area contributed by atoms with E-state index in [1.54, 1.807) is 0 Å². The van der Waals surface area contributed by atoms with Crippen molar-refractivity contribution in [2.45, 2.75) is 225 Å². The van der Waals surface area contributed by atoms with Crippen molar-refractivity contribution in [1.82, 2.24) is 0 Å². The molecule has 5 nitrogen and oxygen atoms in total. The molecule has 0 spiro atoms. The summed E-state index contributed by atoms with van der Waals surface area (Å²) in [7, 11) is 0. The van der Waals surface area contributed by atoms with Crippen molar-refractivity contribution >= 4 is 11.9 Å². The van der Waals surface area contributed by atoms with Crippen LogP contribution in [0.3, 0.4) is 0 Å². The summed E-state index contributed by atoms with van der Waals surface area (Å²) in [5.41, 5.74) is 0. The Labute approximate surface area is 443 Å². The van der Waals surface area contributed by atoms with Crippen LogP contribution in [0.15, 0.2) is 170 Å². The van der Waals surface area contributed by atoms with Crippen molar-refractivity contribution in [2.24, 2.45) is 0 Å². The van der Waals surface area contributed by atoms with Gasteiger partial charge in [0.15, 0.2) is 6.10 Å². The predicted molar refractivity (Wildman–Crippen MR) is 315 cm³/mol. The van der Waals surface area contributed by atoms with Crippen LogP contribution < -0.4 is 0 Å². The zero-order chi connectivity index (χ0) is 52.0. The average molecular weight is 990 g/mol. The Morgan fingerprint density at radius 2 is 0.556 bits per heavy atom. The zero-order valence-corrected chi connectivity index (χ0v) is 45.9. The molecular weight excluding hydrogens is 885 g/mol. The molecule has 0 heterocycles. The Morgan fingerprint density at radius 1 is 0.319 bits per heavy atom. The highest BCUT2D eigenvalue weighted by Crippen LogP contribution is 2.13. The minimum Gasteiger partial charge on any atom is -0.462 e. The molecule has 402 valence electrons. The second kappa shape index (κ2) is 60.6. The summed E-state index contributed by atoms with van der Waals surface area (Å²) >= 11 is 0. The number of esters is 2. The number of hydrogen-bond donors (Lipinski definition) is 1. The van der Waals surface area contributed by atoms with Gasteiger partial charge in [-0.15, -0.1) is 0 Å². The Bertz CT molecular complexity index is 1640. The molecule has 0 aliphatic heterocycles. The molecule has 0 saturated heterocycles. The van der Waals surface area contributed by atoms with Gasteiger partial charge in [0.2, 0.25) is 0 Å². The fourth-order valence-electron chi connectivity index (χ4n) is 7.28. The Balaban J connectivity index is 3.64. The number of unbranched alkanes of at least 4 members (excludes halogenated alkanes) is 14. The van der Waals surface area contributed by atoms with Crippen LogP contribution in [-0.4, -0.2) is 36.4 Å². The number of carbonyl (C=O) groups is 2. The smallest absolute Gasteiger partial charge is 0.306 e. The molecule has 72 heavy (non-hydrogen) atoms. The molecule has 0 aromatic heterocycles. The molecule has 1 unspecified atom stereocenters. The van der Waals surface area contributed by atoms with Crippen LogP contribution in [0.2, 0.25) is 0 Å². The minimum atomic E-state index is -0.799. The maximum atomic E-state index is 12.3. The third-order valence-corrected chi connectivity index (χ3v) is 11.5. The Kier molecular flexibility index (Phi) is 56.6. The number of allylic oxidation sites excluding steroid dienone is 28. The largest absolute Gasteiger partial charge is 0.462 e. The lowest BCUT2D eigenvalue weighted by Gasteiger charge is -2.15. The highest BCUT2D eigenvalue weighted by atomic mass is 16.6. The first-order valence-electron chi connectivity index (χ1n) is 28.7. The molecule has 0 aromatic carbocycles. The molecule has 5 heteroatoms. The highest BCUT2D eigenvalue weighted by molar-refractivity contribution is 5.70. The molecule has 0 aromatic rings. The number of hydrogen-bond acceptors (Lipinski definition) is 5. The summed E-state index contributed by atoms with van der Waals surface area (Å²) < 4.78 is 10.7. The van der Waals surface area contributed by atoms with Crippen molar-refractivity contribution in [3.8, 4) is 0 Å². The molecule has 0 radical (unpaired) electrons. The van der Waals surface area contributed by atoms with Gasteiger partial charge in [0.1, 0.15) is 6.61 Å². The van der Waals surface area contributed by atoms with Crippen LogP contribution in [-0.2, 0) is 19.1 Å². The van der Waals surface area contributed by atoms with E-state index in [4.69, 9.17) is 9.47 Å². The SMILES string of the molecule is CC/C=C\C/C=C\C/C=C\C/C=C\C/C=C\C/C=C\C/C=C\CCCCCCCCCCCC(=O)OC(CO)COC(=O)CCCCCCC/C=C\C/C=C\C/C=C\C/C=C\C/C=C\C/C=C\C/C=C\CC. The maximum absolute atomic E-state index is 12.3. The molecule has 0 amide bonds. The molecule has 1 N–H and O–H groups in total. The van der Waals surface area contributed by atoms with Gasteiger partial charge in [-0.1, -0.05) is 248 Å². The van der Waals surface area contributed by atoms with E-state index in [2.05, 4.69) is 184 Å². The van der Waals surface area contributed by atoms with E-state index in [1.165, 1.54) is 38.5 Å². The van der Waals surface area contributed by atoms with Crippen LogP contribution in [0.5, 0.6) is 0 Å². The van der Waals surface area contributed by atoms with Crippen LogP contribution >= 0.6 is 0 Å². The third-order valence-electron chi connectivity index (χ3n) is 11.5. The number of aliphatic hydroxyl groups is 1. The normalized spacial score (nSPS) is 13.5. The fraction of sp³-hybridized carbons (Fsp3) is 0.552. The van der Waals surface area contributed by atoms with Crippen LogP contribution in [0.4, 0.5) is 0 Å². The molecular formula is C67H104O5. The predicted octanol–water partition coefficient (Wildman–Crippen LogP) is 19.7. The molecule has 0 bridgehead atoms. The second-order valence-corrected chi connectivity index (χ2v) is 18.2. The van der Waals surface area contributed by atoms with E-state index >= 15 is 0 Å². The lowest BCUT2D eigenvalue weighted by Crippen LogP contribution is -2.28. The topological polar surface area (TPSA) is 72.8 Å². The van der Waals surface area contributed by atoms with E-state index in [1.807, 2.05) is 0 Å². The molecule has 0 rings (SSSR count). The van der Waals surface area contributed by atoms with E-state index in [9.17, 15) is 14.7 Å². The van der Waals surface area contributed by atoms with Crippen molar-refractivity contribution in [2.75, 3.05) is 13.2 Å². The zero-order valence-electron chi connectivity index (χ0n) is 45.9. The van der Waals surface area contributed by atoms with E-state index in [0.29, 0.717) is 12.8 Å². The Hall–Kier alpha value is -4.74. The molecule has 0 fully saturated rings. The summed E-state index contributed by atoms with van der Waals surface area (Å²) in [6, 6.07) is 0. The van der Waals surface area contributed by atoms with Crippen molar-refractivity contribution in [1.29, 1.82) is 0 Å². The third kappa shape index (κ3) is 57.8. The summed E-state index contributed by atoms with van der Waals surface area (Å²) in [4.78, 5) is 24.5. The second-order valence-electron chi connectivity index (χ2n) is 18.2. The lowest BCUT2D eigenvalue weighted by molar-refractivity contribution is -0.161. The molecule has 0 aliphatic rings. The first kappa shape index (κ1) is 67.3. The van der Waals surface area contributed by atoms with Gasteiger partial charge in [0.25, 0.3) is 0 Å². The van der Waals surface area contributed by atoms with Gasteiger partial charge in [-0.05, 0) is 128 Å². The first-order valence-corrected chi connectivity index (χ1v) is 28.7. The Morgan fingerprint density at radius 3 is 0.833 bits per heavy atom.